The van der Waals surface area contributed by atoms with Gasteiger partial charge in [-0.3, -0.25) is 4.79 Å². The number of carbonyl (C=O) groups excluding carboxylic acids is 1. The highest BCUT2D eigenvalue weighted by Gasteiger charge is 2.30. The van der Waals surface area contributed by atoms with E-state index in [2.05, 4.69) is 0 Å². The second-order valence-electron chi connectivity index (χ2n) is 3.95. The van der Waals surface area contributed by atoms with Gasteiger partial charge in [0.2, 0.25) is 5.91 Å². The summed E-state index contributed by atoms with van der Waals surface area (Å²) in [5.41, 5.74) is 0.669. The summed E-state index contributed by atoms with van der Waals surface area (Å²) in [4.78, 5) is 13.4. The highest BCUT2D eigenvalue weighted by molar-refractivity contribution is 6.48. The van der Waals surface area contributed by atoms with Crippen LogP contribution in [0.1, 0.15) is 6.42 Å². The average Bonchev–Trinajstić information content (AvgIpc) is 2.67. The standard InChI is InChI=1S/C11H9Cl4NO/c12-4-6-1-10(17)16(5-6)7-2-8(13)11(15)9(14)3-7/h2-3,6H,1,4-5H2. The van der Waals surface area contributed by atoms with Crippen LogP contribution >= 0.6 is 46.4 Å². The number of halogens is 4. The quantitative estimate of drug-likeness (QED) is 0.591. The van der Waals surface area contributed by atoms with Gasteiger partial charge in [0.1, 0.15) is 0 Å². The molecular formula is C11H9Cl4NO. The topological polar surface area (TPSA) is 20.3 Å². The summed E-state index contributed by atoms with van der Waals surface area (Å²) in [5.74, 6) is 0.680. The maximum atomic E-state index is 11.8. The van der Waals surface area contributed by atoms with Gasteiger partial charge in [-0.25, -0.2) is 0 Å². The number of alkyl halides is 1. The van der Waals surface area contributed by atoms with E-state index in [1.807, 2.05) is 0 Å². The average molecular weight is 313 g/mol. The number of benzene rings is 1. The zero-order valence-electron chi connectivity index (χ0n) is 8.72. The molecule has 2 nitrogen and oxygen atoms in total. The lowest BCUT2D eigenvalue weighted by Crippen LogP contribution is -2.24. The van der Waals surface area contributed by atoms with Crippen molar-refractivity contribution >= 4 is 58.0 Å². The molecule has 1 heterocycles. The number of hydrogen-bond acceptors (Lipinski definition) is 1. The van der Waals surface area contributed by atoms with E-state index in [0.29, 0.717) is 39.6 Å². The molecule has 0 radical (unpaired) electrons. The molecule has 2 rings (SSSR count). The summed E-state index contributed by atoms with van der Waals surface area (Å²) in [7, 11) is 0. The van der Waals surface area contributed by atoms with Gasteiger partial charge in [-0.15, -0.1) is 11.6 Å². The maximum absolute atomic E-state index is 11.8. The molecule has 1 amide bonds. The predicted octanol–water partition coefficient (Wildman–Crippen LogP) is 4.24. The van der Waals surface area contributed by atoms with Crippen LogP contribution in [-0.2, 0) is 4.79 Å². The first-order chi connectivity index (χ1) is 8.02. The molecule has 1 aliphatic rings. The smallest absolute Gasteiger partial charge is 0.227 e. The third-order valence-corrected chi connectivity index (χ3v) is 4.34. The fourth-order valence-electron chi connectivity index (χ4n) is 1.83. The van der Waals surface area contributed by atoms with Crippen molar-refractivity contribution in [2.75, 3.05) is 17.3 Å². The minimum absolute atomic E-state index is 0.0325. The van der Waals surface area contributed by atoms with Gasteiger partial charge in [0.15, 0.2) is 0 Å². The van der Waals surface area contributed by atoms with E-state index in [-0.39, 0.29) is 11.8 Å². The molecule has 17 heavy (non-hydrogen) atoms. The zero-order valence-corrected chi connectivity index (χ0v) is 11.7. The van der Waals surface area contributed by atoms with Crippen molar-refractivity contribution < 1.29 is 4.79 Å². The van der Waals surface area contributed by atoms with E-state index in [0.717, 1.165) is 0 Å². The molecule has 0 N–H and O–H groups in total. The molecule has 92 valence electrons. The number of nitrogens with zero attached hydrogens (tertiary/aromatic N) is 1. The first-order valence-electron chi connectivity index (χ1n) is 5.03. The first kappa shape index (κ1) is 13.3. The third kappa shape index (κ3) is 2.65. The van der Waals surface area contributed by atoms with Gasteiger partial charge in [-0.1, -0.05) is 34.8 Å². The Morgan fingerprint density at radius 1 is 1.24 bits per heavy atom. The van der Waals surface area contributed by atoms with Gasteiger partial charge in [0, 0.05) is 24.5 Å². The Morgan fingerprint density at radius 3 is 2.29 bits per heavy atom. The van der Waals surface area contributed by atoms with E-state index in [1.54, 1.807) is 17.0 Å². The largest absolute Gasteiger partial charge is 0.312 e. The van der Waals surface area contributed by atoms with Crippen LogP contribution in [0.3, 0.4) is 0 Å². The highest BCUT2D eigenvalue weighted by atomic mass is 35.5. The van der Waals surface area contributed by atoms with Gasteiger partial charge in [0.25, 0.3) is 0 Å². The lowest BCUT2D eigenvalue weighted by molar-refractivity contribution is -0.117. The molecular weight excluding hydrogens is 304 g/mol. The first-order valence-corrected chi connectivity index (χ1v) is 6.70. The molecule has 1 saturated heterocycles. The van der Waals surface area contributed by atoms with Crippen molar-refractivity contribution in [1.29, 1.82) is 0 Å². The van der Waals surface area contributed by atoms with Gasteiger partial charge >= 0.3 is 0 Å². The summed E-state index contributed by atoms with van der Waals surface area (Å²) in [6.45, 7) is 0.594. The second-order valence-corrected chi connectivity index (χ2v) is 5.45. The van der Waals surface area contributed by atoms with E-state index in [9.17, 15) is 4.79 Å². The van der Waals surface area contributed by atoms with E-state index in [1.165, 1.54) is 0 Å². The molecule has 1 aromatic rings. The van der Waals surface area contributed by atoms with Crippen LogP contribution in [0.4, 0.5) is 5.69 Å². The number of amides is 1. The summed E-state index contributed by atoms with van der Waals surface area (Å²) < 4.78 is 0. The number of rotatable bonds is 2. The lowest BCUT2D eigenvalue weighted by atomic mass is 10.1. The van der Waals surface area contributed by atoms with Crippen LogP contribution in [0.5, 0.6) is 0 Å². The minimum Gasteiger partial charge on any atom is -0.312 e. The summed E-state index contributed by atoms with van der Waals surface area (Å²) in [6, 6.07) is 3.29. The van der Waals surface area contributed by atoms with Crippen LogP contribution < -0.4 is 4.90 Å². The normalized spacial score (nSPS) is 20.1. The van der Waals surface area contributed by atoms with Crippen LogP contribution in [0.25, 0.3) is 0 Å². The van der Waals surface area contributed by atoms with Crippen molar-refractivity contribution in [1.82, 2.24) is 0 Å². The summed E-state index contributed by atoms with van der Waals surface area (Å²) >= 11 is 23.5. The van der Waals surface area contributed by atoms with E-state index >= 15 is 0 Å². The van der Waals surface area contributed by atoms with E-state index < -0.39 is 0 Å². The van der Waals surface area contributed by atoms with Crippen LogP contribution in [0.15, 0.2) is 12.1 Å². The van der Waals surface area contributed by atoms with Gasteiger partial charge < -0.3 is 4.90 Å². The van der Waals surface area contributed by atoms with Crippen molar-refractivity contribution in [2.45, 2.75) is 6.42 Å². The predicted molar refractivity (Wildman–Crippen MR) is 72.7 cm³/mol. The monoisotopic (exact) mass is 311 g/mol. The lowest BCUT2D eigenvalue weighted by Gasteiger charge is -2.17. The van der Waals surface area contributed by atoms with Crippen molar-refractivity contribution in [2.24, 2.45) is 5.92 Å². The molecule has 6 heteroatoms. The molecule has 0 saturated carbocycles. The number of anilines is 1. The Labute approximate surface area is 119 Å². The maximum Gasteiger partial charge on any atom is 0.227 e. The molecule has 0 aliphatic carbocycles. The van der Waals surface area contributed by atoms with Crippen LogP contribution in [0, 0.1) is 5.92 Å². The summed E-state index contributed by atoms with van der Waals surface area (Å²) in [6.07, 6.45) is 0.460. The number of hydrogen-bond donors (Lipinski definition) is 0. The van der Waals surface area contributed by atoms with Crippen molar-refractivity contribution in [3.05, 3.63) is 27.2 Å². The van der Waals surface area contributed by atoms with E-state index in [4.69, 9.17) is 46.4 Å². The Bertz CT molecular complexity index is 440. The van der Waals surface area contributed by atoms with Crippen molar-refractivity contribution in [3.8, 4) is 0 Å². The molecule has 1 fully saturated rings. The number of carbonyl (C=O) groups is 1. The van der Waals surface area contributed by atoms with Gasteiger partial charge in [-0.2, -0.15) is 0 Å². The highest BCUT2D eigenvalue weighted by Crippen LogP contribution is 2.36. The van der Waals surface area contributed by atoms with Crippen LogP contribution in [0.2, 0.25) is 15.1 Å². The molecule has 1 atom stereocenters. The second kappa shape index (κ2) is 5.23. The summed E-state index contributed by atoms with van der Waals surface area (Å²) in [5, 5.41) is 0.991. The molecule has 0 aromatic heterocycles. The van der Waals surface area contributed by atoms with Gasteiger partial charge in [-0.05, 0) is 18.1 Å². The zero-order chi connectivity index (χ0) is 12.6. The third-order valence-electron chi connectivity index (χ3n) is 2.70. The Kier molecular flexibility index (Phi) is 4.09. The van der Waals surface area contributed by atoms with Crippen molar-refractivity contribution in [3.63, 3.8) is 0 Å². The Morgan fingerprint density at radius 2 is 1.82 bits per heavy atom. The fraction of sp³-hybridized carbons (Fsp3) is 0.364. The molecule has 1 unspecified atom stereocenters. The minimum atomic E-state index is 0.0325. The Balaban J connectivity index is 2.32. The van der Waals surface area contributed by atoms with Gasteiger partial charge in [0.05, 0.1) is 15.1 Å². The molecule has 1 aliphatic heterocycles. The SMILES string of the molecule is O=C1CC(CCl)CN1c1cc(Cl)c(Cl)c(Cl)c1. The molecule has 0 spiro atoms. The fourth-order valence-corrected chi connectivity index (χ4v) is 2.62. The molecule has 1 aromatic carbocycles. The van der Waals surface area contributed by atoms with Crippen LogP contribution in [-0.4, -0.2) is 18.3 Å². The Hall–Kier alpha value is -0.150. The molecule has 0 bridgehead atoms.